The Bertz CT molecular complexity index is 400. The van der Waals surface area contributed by atoms with Crippen LogP contribution in [0.5, 0.6) is 5.75 Å². The summed E-state index contributed by atoms with van der Waals surface area (Å²) in [6, 6.07) is 3.94. The number of aromatic hydroxyl groups is 1. The molecule has 0 aliphatic carbocycles. The van der Waals surface area contributed by atoms with Gasteiger partial charge in [0.2, 0.25) is 5.91 Å². The number of amides is 1. The lowest BCUT2D eigenvalue weighted by Crippen LogP contribution is -2.48. The Balaban J connectivity index is 0.00000128. The number of nitrogens with zero attached hydrogens (tertiary/aromatic N) is 1. The van der Waals surface area contributed by atoms with Gasteiger partial charge in [-0.15, -0.1) is 12.4 Å². The first-order chi connectivity index (χ1) is 7.18. The summed E-state index contributed by atoms with van der Waals surface area (Å²) in [5, 5.41) is 11.9. The van der Waals surface area contributed by atoms with Gasteiger partial charge < -0.3 is 15.3 Å². The third kappa shape index (κ3) is 2.43. The molecule has 1 aliphatic rings. The average molecular weight is 247 g/mol. The molecule has 0 atom stereocenters. The maximum absolute atomic E-state index is 13.1. The SMILES string of the molecule is Cl.O=C1CNCCN1c1ccc(O)c(F)c1. The van der Waals surface area contributed by atoms with Crippen molar-refractivity contribution < 1.29 is 14.3 Å². The lowest BCUT2D eigenvalue weighted by atomic mass is 10.2. The smallest absolute Gasteiger partial charge is 0.240 e. The van der Waals surface area contributed by atoms with E-state index >= 15 is 0 Å². The van der Waals surface area contributed by atoms with E-state index in [1.165, 1.54) is 23.1 Å². The van der Waals surface area contributed by atoms with Gasteiger partial charge in [-0.3, -0.25) is 4.79 Å². The van der Waals surface area contributed by atoms with Gasteiger partial charge in [-0.05, 0) is 12.1 Å². The standard InChI is InChI=1S/C10H11FN2O2.ClH/c11-8-5-7(1-2-9(8)14)13-4-3-12-6-10(13)15;/h1-2,5,12,14H,3-4,6H2;1H. The lowest BCUT2D eigenvalue weighted by Gasteiger charge is -2.27. The third-order valence-electron chi connectivity index (χ3n) is 2.33. The second kappa shape index (κ2) is 5.14. The number of halogens is 2. The molecular weight excluding hydrogens is 235 g/mol. The molecule has 0 unspecified atom stereocenters. The summed E-state index contributed by atoms with van der Waals surface area (Å²) in [5.41, 5.74) is 0.483. The van der Waals surface area contributed by atoms with Crippen LogP contribution in [0.25, 0.3) is 0 Å². The zero-order valence-electron chi connectivity index (χ0n) is 8.44. The van der Waals surface area contributed by atoms with Gasteiger partial charge in [0.1, 0.15) is 0 Å². The maximum atomic E-state index is 13.1. The van der Waals surface area contributed by atoms with Crippen molar-refractivity contribution in [1.29, 1.82) is 0 Å². The molecule has 1 aromatic carbocycles. The second-order valence-electron chi connectivity index (χ2n) is 3.36. The Morgan fingerprint density at radius 3 is 2.81 bits per heavy atom. The number of phenols is 1. The molecule has 1 aliphatic heterocycles. The maximum Gasteiger partial charge on any atom is 0.240 e. The van der Waals surface area contributed by atoms with Crippen molar-refractivity contribution in [3.63, 3.8) is 0 Å². The second-order valence-corrected chi connectivity index (χ2v) is 3.36. The van der Waals surface area contributed by atoms with Crippen molar-refractivity contribution in [2.75, 3.05) is 24.5 Å². The van der Waals surface area contributed by atoms with Crippen LogP contribution in [-0.2, 0) is 4.79 Å². The molecule has 0 bridgehead atoms. The summed E-state index contributed by atoms with van der Waals surface area (Å²) in [6.45, 7) is 1.47. The molecule has 4 nitrogen and oxygen atoms in total. The Morgan fingerprint density at radius 1 is 1.44 bits per heavy atom. The Labute approximate surface area is 98.5 Å². The zero-order chi connectivity index (χ0) is 10.8. The van der Waals surface area contributed by atoms with Crippen molar-refractivity contribution >= 4 is 24.0 Å². The number of phenolic OH excluding ortho intramolecular Hbond substituents is 1. The van der Waals surface area contributed by atoms with Crippen molar-refractivity contribution in [3.05, 3.63) is 24.0 Å². The quantitative estimate of drug-likeness (QED) is 0.774. The minimum Gasteiger partial charge on any atom is -0.505 e. The fourth-order valence-corrected chi connectivity index (χ4v) is 1.54. The summed E-state index contributed by atoms with van der Waals surface area (Å²) in [7, 11) is 0. The molecule has 1 amide bonds. The van der Waals surface area contributed by atoms with Gasteiger partial charge in [0.25, 0.3) is 0 Å². The number of benzene rings is 1. The van der Waals surface area contributed by atoms with Gasteiger partial charge in [-0.25, -0.2) is 4.39 Å². The fraction of sp³-hybridized carbons (Fsp3) is 0.300. The van der Waals surface area contributed by atoms with Gasteiger partial charge in [-0.1, -0.05) is 0 Å². The molecule has 1 heterocycles. The number of piperazine rings is 1. The van der Waals surface area contributed by atoms with Gasteiger partial charge in [0, 0.05) is 24.8 Å². The largest absolute Gasteiger partial charge is 0.505 e. The Hall–Kier alpha value is -1.33. The van der Waals surface area contributed by atoms with E-state index in [1.807, 2.05) is 0 Å². The highest BCUT2D eigenvalue weighted by Crippen LogP contribution is 2.22. The zero-order valence-corrected chi connectivity index (χ0v) is 9.26. The molecule has 1 aromatic rings. The third-order valence-corrected chi connectivity index (χ3v) is 2.33. The number of nitrogens with one attached hydrogen (secondary N) is 1. The van der Waals surface area contributed by atoms with E-state index in [9.17, 15) is 9.18 Å². The van der Waals surface area contributed by atoms with E-state index < -0.39 is 11.6 Å². The van der Waals surface area contributed by atoms with Gasteiger partial charge in [-0.2, -0.15) is 0 Å². The molecule has 0 spiro atoms. The predicted octanol–water partition coefficient (Wildman–Crippen LogP) is 0.889. The van der Waals surface area contributed by atoms with Gasteiger partial charge in [0.05, 0.1) is 6.54 Å². The summed E-state index contributed by atoms with van der Waals surface area (Å²) in [6.07, 6.45) is 0. The number of rotatable bonds is 1. The number of hydrogen-bond donors (Lipinski definition) is 2. The summed E-state index contributed by atoms with van der Waals surface area (Å²) in [4.78, 5) is 13.0. The highest BCUT2D eigenvalue weighted by atomic mass is 35.5. The molecule has 2 rings (SSSR count). The predicted molar refractivity (Wildman–Crippen MR) is 60.5 cm³/mol. The van der Waals surface area contributed by atoms with Crippen LogP contribution in [0.4, 0.5) is 10.1 Å². The normalized spacial score (nSPS) is 15.8. The first-order valence-electron chi connectivity index (χ1n) is 4.68. The molecule has 6 heteroatoms. The summed E-state index contributed by atoms with van der Waals surface area (Å²) < 4.78 is 13.1. The first-order valence-corrected chi connectivity index (χ1v) is 4.68. The van der Waals surface area contributed by atoms with E-state index in [0.29, 0.717) is 18.8 Å². The van der Waals surface area contributed by atoms with Crippen LogP contribution in [0, 0.1) is 5.82 Å². The minimum absolute atomic E-state index is 0. The topological polar surface area (TPSA) is 52.6 Å². The molecule has 1 fully saturated rings. The van der Waals surface area contributed by atoms with Crippen LogP contribution >= 0.6 is 12.4 Å². The van der Waals surface area contributed by atoms with E-state index in [-0.39, 0.29) is 24.9 Å². The lowest BCUT2D eigenvalue weighted by molar-refractivity contribution is -0.118. The molecule has 0 aromatic heterocycles. The van der Waals surface area contributed by atoms with Crippen LogP contribution in [-0.4, -0.2) is 30.6 Å². The van der Waals surface area contributed by atoms with Crippen LogP contribution in [0.15, 0.2) is 18.2 Å². The number of anilines is 1. The van der Waals surface area contributed by atoms with Gasteiger partial charge >= 0.3 is 0 Å². The van der Waals surface area contributed by atoms with Crippen LogP contribution in [0.2, 0.25) is 0 Å². The van der Waals surface area contributed by atoms with E-state index in [2.05, 4.69) is 5.32 Å². The summed E-state index contributed by atoms with van der Waals surface area (Å²) in [5.74, 6) is -1.20. The molecule has 2 N–H and O–H groups in total. The van der Waals surface area contributed by atoms with Crippen LogP contribution in [0.1, 0.15) is 0 Å². The molecule has 88 valence electrons. The van der Waals surface area contributed by atoms with Gasteiger partial charge in [0.15, 0.2) is 11.6 Å². The highest BCUT2D eigenvalue weighted by molar-refractivity contribution is 5.95. The highest BCUT2D eigenvalue weighted by Gasteiger charge is 2.19. The van der Waals surface area contributed by atoms with Crippen molar-refractivity contribution in [1.82, 2.24) is 5.32 Å². The van der Waals surface area contributed by atoms with Crippen LogP contribution in [0.3, 0.4) is 0 Å². The van der Waals surface area contributed by atoms with Crippen molar-refractivity contribution in [3.8, 4) is 5.75 Å². The fourth-order valence-electron chi connectivity index (χ4n) is 1.54. The van der Waals surface area contributed by atoms with E-state index in [1.54, 1.807) is 0 Å². The Kier molecular flexibility index (Phi) is 4.09. The van der Waals surface area contributed by atoms with E-state index in [0.717, 1.165) is 0 Å². The molecule has 1 saturated heterocycles. The summed E-state index contributed by atoms with van der Waals surface area (Å²) >= 11 is 0. The number of carbonyl (C=O) groups excluding carboxylic acids is 1. The minimum atomic E-state index is -0.709. The van der Waals surface area contributed by atoms with Crippen LogP contribution < -0.4 is 10.2 Å². The number of hydrogen-bond acceptors (Lipinski definition) is 3. The monoisotopic (exact) mass is 246 g/mol. The Morgan fingerprint density at radius 2 is 2.19 bits per heavy atom. The molecule has 0 radical (unpaired) electrons. The first kappa shape index (κ1) is 12.7. The van der Waals surface area contributed by atoms with E-state index in [4.69, 9.17) is 5.11 Å². The van der Waals surface area contributed by atoms with Crippen molar-refractivity contribution in [2.24, 2.45) is 0 Å². The molecular formula is C10H12ClFN2O2. The molecule has 16 heavy (non-hydrogen) atoms. The van der Waals surface area contributed by atoms with Crippen molar-refractivity contribution in [2.45, 2.75) is 0 Å². The number of carbonyl (C=O) groups is 1. The molecule has 0 saturated carbocycles. The average Bonchev–Trinajstić information content (AvgIpc) is 2.23.